The molecule has 25 heavy (non-hydrogen) atoms. The largest absolute Gasteiger partial charge is 0.496 e. The number of thioether (sulfide) groups is 1. The van der Waals surface area contributed by atoms with Gasteiger partial charge in [-0.25, -0.2) is 4.39 Å². The summed E-state index contributed by atoms with van der Waals surface area (Å²) >= 11 is 1.44. The van der Waals surface area contributed by atoms with Crippen molar-refractivity contribution >= 4 is 11.8 Å². The minimum atomic E-state index is -0.213. The van der Waals surface area contributed by atoms with E-state index in [1.54, 1.807) is 25.3 Å². The number of benzene rings is 2. The molecule has 3 aromatic rings. The van der Waals surface area contributed by atoms with Crippen molar-refractivity contribution in [3.63, 3.8) is 0 Å². The second-order valence-electron chi connectivity index (χ2n) is 5.29. The van der Waals surface area contributed by atoms with Gasteiger partial charge >= 0.3 is 0 Å². The number of rotatable bonds is 7. The number of nitrogens with zero attached hydrogens (tertiary/aromatic N) is 3. The van der Waals surface area contributed by atoms with Crippen molar-refractivity contribution in [3.8, 4) is 17.1 Å². The van der Waals surface area contributed by atoms with Gasteiger partial charge in [-0.3, -0.25) is 4.57 Å². The molecule has 1 aromatic heterocycles. The smallest absolute Gasteiger partial charge is 0.192 e. The highest BCUT2D eigenvalue weighted by Crippen LogP contribution is 2.32. The molecule has 0 saturated heterocycles. The number of hydrogen-bond donors (Lipinski definition) is 0. The van der Waals surface area contributed by atoms with Crippen molar-refractivity contribution in [2.75, 3.05) is 7.11 Å². The maximum atomic E-state index is 13.8. The van der Waals surface area contributed by atoms with E-state index in [0.29, 0.717) is 28.8 Å². The summed E-state index contributed by atoms with van der Waals surface area (Å²) in [5, 5.41) is 9.31. The highest BCUT2D eigenvalue weighted by atomic mass is 32.2. The number of aromatic nitrogens is 3. The lowest BCUT2D eigenvalue weighted by atomic mass is 10.2. The van der Waals surface area contributed by atoms with Gasteiger partial charge in [0.15, 0.2) is 11.0 Å². The normalized spacial score (nSPS) is 10.6. The van der Waals surface area contributed by atoms with Gasteiger partial charge in [-0.15, -0.1) is 16.8 Å². The first-order valence-electron chi connectivity index (χ1n) is 7.78. The summed E-state index contributed by atoms with van der Waals surface area (Å²) in [6.07, 6.45) is 1.79. The monoisotopic (exact) mass is 355 g/mol. The topological polar surface area (TPSA) is 39.9 Å². The summed E-state index contributed by atoms with van der Waals surface area (Å²) < 4.78 is 21.2. The van der Waals surface area contributed by atoms with Gasteiger partial charge in [0.25, 0.3) is 0 Å². The van der Waals surface area contributed by atoms with Gasteiger partial charge in [0, 0.05) is 12.3 Å². The zero-order valence-electron chi connectivity index (χ0n) is 13.9. The third-order valence-corrected chi connectivity index (χ3v) is 4.71. The van der Waals surface area contributed by atoms with Crippen LogP contribution in [-0.4, -0.2) is 21.9 Å². The molecule has 4 nitrogen and oxygen atoms in total. The van der Waals surface area contributed by atoms with Crippen molar-refractivity contribution < 1.29 is 9.13 Å². The third-order valence-electron chi connectivity index (χ3n) is 3.69. The predicted octanol–water partition coefficient (Wildman–Crippen LogP) is 4.57. The zero-order chi connectivity index (χ0) is 17.6. The molecule has 0 radical (unpaired) electrons. The van der Waals surface area contributed by atoms with E-state index >= 15 is 0 Å². The Kier molecular flexibility index (Phi) is 5.50. The van der Waals surface area contributed by atoms with Crippen LogP contribution in [0, 0.1) is 5.82 Å². The first-order chi connectivity index (χ1) is 12.2. The first kappa shape index (κ1) is 17.2. The molecule has 3 rings (SSSR count). The first-order valence-corrected chi connectivity index (χ1v) is 8.77. The second kappa shape index (κ2) is 7.98. The lowest BCUT2D eigenvalue weighted by Gasteiger charge is -2.10. The van der Waals surface area contributed by atoms with Crippen LogP contribution in [0.1, 0.15) is 5.56 Å². The molecule has 0 unspecified atom stereocenters. The van der Waals surface area contributed by atoms with Crippen LogP contribution < -0.4 is 4.74 Å². The Bertz CT molecular complexity index is 879. The van der Waals surface area contributed by atoms with Crippen LogP contribution in [0.2, 0.25) is 0 Å². The van der Waals surface area contributed by atoms with Crippen LogP contribution in [0.5, 0.6) is 5.75 Å². The van der Waals surface area contributed by atoms with Gasteiger partial charge < -0.3 is 4.74 Å². The third kappa shape index (κ3) is 3.74. The molecule has 0 aliphatic heterocycles. The zero-order valence-corrected chi connectivity index (χ0v) is 14.7. The molecular weight excluding hydrogens is 337 g/mol. The summed E-state index contributed by atoms with van der Waals surface area (Å²) in [5.41, 5.74) is 1.50. The fourth-order valence-electron chi connectivity index (χ4n) is 2.48. The Labute approximate surface area is 150 Å². The van der Waals surface area contributed by atoms with E-state index in [0.717, 1.165) is 11.3 Å². The van der Waals surface area contributed by atoms with Crippen molar-refractivity contribution in [2.24, 2.45) is 0 Å². The molecule has 6 heteroatoms. The van der Waals surface area contributed by atoms with Gasteiger partial charge in [0.1, 0.15) is 11.6 Å². The Hall–Kier alpha value is -2.60. The number of hydrogen-bond acceptors (Lipinski definition) is 4. The average Bonchev–Trinajstić information content (AvgIpc) is 3.04. The Balaban J connectivity index is 1.92. The molecule has 0 saturated carbocycles. The minimum absolute atomic E-state index is 0.213. The Morgan fingerprint density at radius 2 is 1.92 bits per heavy atom. The van der Waals surface area contributed by atoms with Gasteiger partial charge in [-0.05, 0) is 23.8 Å². The van der Waals surface area contributed by atoms with E-state index in [2.05, 4.69) is 16.8 Å². The minimum Gasteiger partial charge on any atom is -0.496 e. The fraction of sp³-hybridized carbons (Fsp3) is 0.158. The maximum absolute atomic E-state index is 13.8. The van der Waals surface area contributed by atoms with E-state index in [-0.39, 0.29) is 5.82 Å². The van der Waals surface area contributed by atoms with E-state index in [9.17, 15) is 4.39 Å². The van der Waals surface area contributed by atoms with Crippen molar-refractivity contribution in [2.45, 2.75) is 17.5 Å². The fourth-order valence-corrected chi connectivity index (χ4v) is 3.41. The number of methoxy groups -OCH3 is 1. The summed E-state index contributed by atoms with van der Waals surface area (Å²) in [4.78, 5) is 0. The average molecular weight is 355 g/mol. The molecule has 0 fully saturated rings. The molecule has 0 spiro atoms. The Morgan fingerprint density at radius 3 is 2.68 bits per heavy atom. The van der Waals surface area contributed by atoms with E-state index in [1.807, 2.05) is 34.9 Å². The van der Waals surface area contributed by atoms with Crippen LogP contribution in [0.3, 0.4) is 0 Å². The standard InChI is InChI=1S/C19H18FN3OS/c1-3-12-23-18(15-9-5-7-11-17(15)24-2)21-22-19(23)25-13-14-8-4-6-10-16(14)20/h3-11H,1,12-13H2,2H3. The molecule has 0 atom stereocenters. The van der Waals surface area contributed by atoms with Crippen LogP contribution in [0.15, 0.2) is 66.3 Å². The summed E-state index contributed by atoms with van der Waals surface area (Å²) in [7, 11) is 1.63. The molecule has 0 bridgehead atoms. The van der Waals surface area contributed by atoms with Crippen LogP contribution in [0.25, 0.3) is 11.4 Å². The summed E-state index contributed by atoms with van der Waals surface area (Å²) in [5.74, 6) is 1.70. The quantitative estimate of drug-likeness (QED) is 0.460. The highest BCUT2D eigenvalue weighted by molar-refractivity contribution is 7.98. The molecule has 128 valence electrons. The van der Waals surface area contributed by atoms with E-state index < -0.39 is 0 Å². The number of halogens is 1. The highest BCUT2D eigenvalue weighted by Gasteiger charge is 2.17. The Morgan fingerprint density at radius 1 is 1.16 bits per heavy atom. The van der Waals surface area contributed by atoms with Gasteiger partial charge in [0.2, 0.25) is 0 Å². The van der Waals surface area contributed by atoms with Crippen molar-refractivity contribution in [1.29, 1.82) is 0 Å². The second-order valence-corrected chi connectivity index (χ2v) is 6.23. The SMILES string of the molecule is C=CCn1c(SCc2ccccc2F)nnc1-c1ccccc1OC. The number of allylic oxidation sites excluding steroid dienone is 1. The molecule has 1 heterocycles. The molecule has 0 aliphatic rings. The maximum Gasteiger partial charge on any atom is 0.192 e. The molecule has 2 aromatic carbocycles. The van der Waals surface area contributed by atoms with E-state index in [4.69, 9.17) is 4.74 Å². The van der Waals surface area contributed by atoms with Crippen LogP contribution >= 0.6 is 11.8 Å². The van der Waals surface area contributed by atoms with Gasteiger partial charge in [-0.1, -0.05) is 48.2 Å². The lowest BCUT2D eigenvalue weighted by Crippen LogP contribution is -2.02. The molecule has 0 aliphatic carbocycles. The summed E-state index contributed by atoms with van der Waals surface area (Å²) in [6.45, 7) is 4.37. The van der Waals surface area contributed by atoms with Gasteiger partial charge in [0.05, 0.1) is 12.7 Å². The van der Waals surface area contributed by atoms with E-state index in [1.165, 1.54) is 17.8 Å². The molecular formula is C19H18FN3OS. The number of para-hydroxylation sites is 1. The molecule has 0 amide bonds. The molecule has 0 N–H and O–H groups in total. The van der Waals surface area contributed by atoms with Crippen LogP contribution in [-0.2, 0) is 12.3 Å². The number of ether oxygens (including phenoxy) is 1. The van der Waals surface area contributed by atoms with Crippen molar-refractivity contribution in [1.82, 2.24) is 14.8 Å². The van der Waals surface area contributed by atoms with Crippen LogP contribution in [0.4, 0.5) is 4.39 Å². The summed E-state index contributed by atoms with van der Waals surface area (Å²) in [6, 6.07) is 14.4. The predicted molar refractivity (Wildman–Crippen MR) is 98.2 cm³/mol. The lowest BCUT2D eigenvalue weighted by molar-refractivity contribution is 0.416. The van der Waals surface area contributed by atoms with Crippen molar-refractivity contribution in [3.05, 3.63) is 72.6 Å². The van der Waals surface area contributed by atoms with Gasteiger partial charge in [-0.2, -0.15) is 0 Å².